The van der Waals surface area contributed by atoms with E-state index < -0.39 is 0 Å². The lowest BCUT2D eigenvalue weighted by Gasteiger charge is -2.38. The van der Waals surface area contributed by atoms with Crippen LogP contribution in [-0.4, -0.2) is 61.0 Å². The third-order valence-electron chi connectivity index (χ3n) is 4.24. The van der Waals surface area contributed by atoms with E-state index in [1.165, 1.54) is 0 Å². The number of nitrogens with one attached hydrogen (secondary N) is 1. The molecular weight excluding hydrogens is 268 g/mol. The molecule has 1 aromatic rings. The fourth-order valence-corrected chi connectivity index (χ4v) is 2.64. The van der Waals surface area contributed by atoms with E-state index >= 15 is 0 Å². The van der Waals surface area contributed by atoms with Crippen molar-refractivity contribution in [3.63, 3.8) is 0 Å². The molecule has 2 unspecified atom stereocenters. The van der Waals surface area contributed by atoms with E-state index in [1.807, 2.05) is 12.1 Å². The SMILES string of the molecule is CC(NCC1CN(C)CCN1C)c1ccc([N+](=O)[O-])cc1. The molecule has 1 N–H and O–H groups in total. The van der Waals surface area contributed by atoms with Gasteiger partial charge in [0.1, 0.15) is 0 Å². The summed E-state index contributed by atoms with van der Waals surface area (Å²) in [5.41, 5.74) is 1.21. The van der Waals surface area contributed by atoms with E-state index in [0.29, 0.717) is 6.04 Å². The van der Waals surface area contributed by atoms with Gasteiger partial charge in [-0.2, -0.15) is 0 Å². The van der Waals surface area contributed by atoms with Crippen LogP contribution in [0.2, 0.25) is 0 Å². The molecule has 0 saturated carbocycles. The molecule has 2 atom stereocenters. The van der Waals surface area contributed by atoms with E-state index in [2.05, 4.69) is 36.1 Å². The Balaban J connectivity index is 1.88. The van der Waals surface area contributed by atoms with Crippen molar-refractivity contribution in [2.75, 3.05) is 40.3 Å². The highest BCUT2D eigenvalue weighted by Crippen LogP contribution is 2.17. The largest absolute Gasteiger partial charge is 0.309 e. The fraction of sp³-hybridized carbons (Fsp3) is 0.600. The van der Waals surface area contributed by atoms with E-state index in [4.69, 9.17) is 0 Å². The summed E-state index contributed by atoms with van der Waals surface area (Å²) in [4.78, 5) is 15.0. The number of nitrogens with zero attached hydrogens (tertiary/aromatic N) is 3. The first-order chi connectivity index (χ1) is 9.97. The summed E-state index contributed by atoms with van der Waals surface area (Å²) in [5, 5.41) is 14.2. The molecule has 1 heterocycles. The monoisotopic (exact) mass is 292 g/mol. The Morgan fingerprint density at radius 2 is 2.00 bits per heavy atom. The number of nitro groups is 1. The molecule has 0 amide bonds. The van der Waals surface area contributed by atoms with Gasteiger partial charge < -0.3 is 10.2 Å². The standard InChI is InChI=1S/C15H24N4O2/c1-12(13-4-6-14(7-5-13)19(20)21)16-10-15-11-17(2)8-9-18(15)3/h4-7,12,15-16H,8-11H2,1-3H3. The predicted octanol–water partition coefficient (Wildman–Crippen LogP) is 1.49. The lowest BCUT2D eigenvalue weighted by atomic mass is 10.1. The van der Waals surface area contributed by atoms with Gasteiger partial charge in [-0.05, 0) is 26.6 Å². The minimum Gasteiger partial charge on any atom is -0.309 e. The molecule has 0 aromatic heterocycles. The lowest BCUT2D eigenvalue weighted by molar-refractivity contribution is -0.384. The topological polar surface area (TPSA) is 61.6 Å². The number of non-ortho nitro benzene ring substituents is 1. The van der Waals surface area contributed by atoms with Crippen LogP contribution in [-0.2, 0) is 0 Å². The number of nitro benzene ring substituents is 1. The predicted molar refractivity (Wildman–Crippen MR) is 83.4 cm³/mol. The first-order valence-corrected chi connectivity index (χ1v) is 7.34. The molecule has 1 saturated heterocycles. The highest BCUT2D eigenvalue weighted by atomic mass is 16.6. The summed E-state index contributed by atoms with van der Waals surface area (Å²) in [6, 6.07) is 7.47. The van der Waals surface area contributed by atoms with Gasteiger partial charge in [-0.1, -0.05) is 12.1 Å². The Bertz CT molecular complexity index is 477. The van der Waals surface area contributed by atoms with Crippen molar-refractivity contribution < 1.29 is 4.92 Å². The summed E-state index contributed by atoms with van der Waals surface area (Å²) < 4.78 is 0. The molecule has 116 valence electrons. The molecule has 0 bridgehead atoms. The third kappa shape index (κ3) is 4.23. The molecular formula is C15H24N4O2. The summed E-state index contributed by atoms with van der Waals surface area (Å²) in [6.07, 6.45) is 0. The van der Waals surface area contributed by atoms with Crippen molar-refractivity contribution in [1.29, 1.82) is 0 Å². The van der Waals surface area contributed by atoms with Crippen LogP contribution < -0.4 is 5.32 Å². The lowest BCUT2D eigenvalue weighted by Crippen LogP contribution is -2.53. The Morgan fingerprint density at radius 3 is 2.62 bits per heavy atom. The Morgan fingerprint density at radius 1 is 1.33 bits per heavy atom. The van der Waals surface area contributed by atoms with Crippen LogP contribution in [0.3, 0.4) is 0 Å². The van der Waals surface area contributed by atoms with Crippen molar-refractivity contribution in [1.82, 2.24) is 15.1 Å². The van der Waals surface area contributed by atoms with Crippen LogP contribution >= 0.6 is 0 Å². The molecule has 6 heteroatoms. The van der Waals surface area contributed by atoms with Gasteiger partial charge in [-0.3, -0.25) is 15.0 Å². The van der Waals surface area contributed by atoms with Crippen LogP contribution in [0.4, 0.5) is 5.69 Å². The summed E-state index contributed by atoms with van der Waals surface area (Å²) >= 11 is 0. The number of piperazine rings is 1. The smallest absolute Gasteiger partial charge is 0.269 e. The minimum atomic E-state index is -0.366. The van der Waals surface area contributed by atoms with Gasteiger partial charge in [0.25, 0.3) is 5.69 Å². The maximum Gasteiger partial charge on any atom is 0.269 e. The number of hydrogen-bond acceptors (Lipinski definition) is 5. The Labute approximate surface area is 125 Å². The number of hydrogen-bond donors (Lipinski definition) is 1. The minimum absolute atomic E-state index is 0.139. The zero-order chi connectivity index (χ0) is 15.4. The maximum absolute atomic E-state index is 10.7. The van der Waals surface area contributed by atoms with E-state index in [0.717, 1.165) is 31.7 Å². The van der Waals surface area contributed by atoms with Gasteiger partial charge in [-0.25, -0.2) is 0 Å². The van der Waals surface area contributed by atoms with Crippen molar-refractivity contribution in [3.8, 4) is 0 Å². The molecule has 0 aliphatic carbocycles. The van der Waals surface area contributed by atoms with Gasteiger partial charge in [0, 0.05) is 50.4 Å². The first kappa shape index (κ1) is 15.9. The molecule has 21 heavy (non-hydrogen) atoms. The van der Waals surface area contributed by atoms with Crippen LogP contribution in [0, 0.1) is 10.1 Å². The number of rotatable bonds is 5. The van der Waals surface area contributed by atoms with E-state index in [1.54, 1.807) is 12.1 Å². The molecule has 0 radical (unpaired) electrons. The second-order valence-electron chi connectivity index (χ2n) is 5.88. The molecule has 1 aliphatic rings. The Kier molecular flexibility index (Phi) is 5.27. The zero-order valence-electron chi connectivity index (χ0n) is 13.0. The van der Waals surface area contributed by atoms with Crippen LogP contribution in [0.25, 0.3) is 0 Å². The van der Waals surface area contributed by atoms with Crippen molar-refractivity contribution in [3.05, 3.63) is 39.9 Å². The number of likely N-dealkylation sites (N-methyl/N-ethyl adjacent to an activating group) is 2. The van der Waals surface area contributed by atoms with Gasteiger partial charge in [-0.15, -0.1) is 0 Å². The second-order valence-corrected chi connectivity index (χ2v) is 5.88. The molecule has 1 aromatic carbocycles. The van der Waals surface area contributed by atoms with Crippen LogP contribution in [0.5, 0.6) is 0 Å². The van der Waals surface area contributed by atoms with Crippen molar-refractivity contribution in [2.24, 2.45) is 0 Å². The summed E-state index contributed by atoms with van der Waals surface area (Å²) in [7, 11) is 4.32. The van der Waals surface area contributed by atoms with Crippen molar-refractivity contribution >= 4 is 5.69 Å². The van der Waals surface area contributed by atoms with Crippen LogP contribution in [0.15, 0.2) is 24.3 Å². The molecule has 1 fully saturated rings. The molecule has 1 aliphatic heterocycles. The summed E-state index contributed by atoms with van der Waals surface area (Å²) in [5.74, 6) is 0. The number of benzene rings is 1. The maximum atomic E-state index is 10.7. The first-order valence-electron chi connectivity index (χ1n) is 7.34. The second kappa shape index (κ2) is 6.98. The van der Waals surface area contributed by atoms with Crippen LogP contribution in [0.1, 0.15) is 18.5 Å². The van der Waals surface area contributed by atoms with Gasteiger partial charge >= 0.3 is 0 Å². The molecule has 2 rings (SSSR count). The van der Waals surface area contributed by atoms with Gasteiger partial charge in [0.2, 0.25) is 0 Å². The van der Waals surface area contributed by atoms with Crippen molar-refractivity contribution in [2.45, 2.75) is 19.0 Å². The van der Waals surface area contributed by atoms with E-state index in [-0.39, 0.29) is 16.7 Å². The highest BCUT2D eigenvalue weighted by Gasteiger charge is 2.22. The fourth-order valence-electron chi connectivity index (χ4n) is 2.64. The average Bonchev–Trinajstić information content (AvgIpc) is 2.48. The molecule has 0 spiro atoms. The summed E-state index contributed by atoms with van der Waals surface area (Å²) in [6.45, 7) is 6.28. The average molecular weight is 292 g/mol. The third-order valence-corrected chi connectivity index (χ3v) is 4.24. The van der Waals surface area contributed by atoms with Gasteiger partial charge in [0.15, 0.2) is 0 Å². The zero-order valence-corrected chi connectivity index (χ0v) is 13.0. The highest BCUT2D eigenvalue weighted by molar-refractivity contribution is 5.34. The quantitative estimate of drug-likeness (QED) is 0.658. The normalized spacial score (nSPS) is 22.1. The Hall–Kier alpha value is -1.50. The van der Waals surface area contributed by atoms with Gasteiger partial charge in [0.05, 0.1) is 4.92 Å². The van der Waals surface area contributed by atoms with E-state index in [9.17, 15) is 10.1 Å². The molecule has 6 nitrogen and oxygen atoms in total.